The lowest BCUT2D eigenvalue weighted by Gasteiger charge is -2.13. The minimum atomic E-state index is -0.207. The summed E-state index contributed by atoms with van der Waals surface area (Å²) in [5, 5.41) is 10.1. The average molecular weight is 304 g/mol. The predicted molar refractivity (Wildman–Crippen MR) is 77.4 cm³/mol. The molecule has 0 aliphatic heterocycles. The Morgan fingerprint density at radius 1 is 1.41 bits per heavy atom. The summed E-state index contributed by atoms with van der Waals surface area (Å²) in [6.45, 7) is 9.26. The summed E-state index contributed by atoms with van der Waals surface area (Å²) in [6, 6.07) is 0. The van der Waals surface area contributed by atoms with Crippen molar-refractivity contribution < 1.29 is 9.90 Å². The van der Waals surface area contributed by atoms with Crippen LogP contribution in [0, 0.1) is 0 Å². The Bertz CT molecular complexity index is 317. The van der Waals surface area contributed by atoms with Crippen molar-refractivity contribution in [2.45, 2.75) is 20.8 Å². The van der Waals surface area contributed by atoms with Gasteiger partial charge in [-0.25, -0.2) is 0 Å². The Morgan fingerprint density at radius 2 is 1.88 bits per heavy atom. The summed E-state index contributed by atoms with van der Waals surface area (Å²) in [7, 11) is 3.29. The summed E-state index contributed by atoms with van der Waals surface area (Å²) in [5.74, 6) is -0.202. The first kappa shape index (κ1) is 18.3. The number of aliphatic hydroxyl groups excluding tert-OH is 1. The number of aliphatic hydroxyl groups is 1. The Kier molecular flexibility index (Phi) is 10.9. The number of carbonyl (C=O) groups excluding carboxylic acids is 1. The quantitative estimate of drug-likeness (QED) is 0.374. The van der Waals surface area contributed by atoms with Gasteiger partial charge in [0.2, 0.25) is 0 Å². The third-order valence-electron chi connectivity index (χ3n) is 1.83. The molecule has 1 amide bonds. The van der Waals surface area contributed by atoms with Crippen LogP contribution in [0.2, 0.25) is 0 Å². The van der Waals surface area contributed by atoms with Crippen molar-refractivity contribution in [1.29, 1.82) is 0 Å². The first-order chi connectivity index (χ1) is 7.95. The molecule has 0 atom stereocenters. The van der Waals surface area contributed by atoms with Crippen LogP contribution in [0.25, 0.3) is 0 Å². The van der Waals surface area contributed by atoms with Crippen LogP contribution in [0.15, 0.2) is 35.6 Å². The fourth-order valence-electron chi connectivity index (χ4n) is 0.985. The Morgan fingerprint density at radius 3 is 2.18 bits per heavy atom. The number of nitrogens with zero attached hydrogens (tertiary/aromatic N) is 1. The van der Waals surface area contributed by atoms with E-state index in [1.54, 1.807) is 33.2 Å². The second-order valence-electron chi connectivity index (χ2n) is 3.25. The van der Waals surface area contributed by atoms with Crippen LogP contribution in [0.3, 0.4) is 0 Å². The molecule has 4 heteroatoms. The van der Waals surface area contributed by atoms with E-state index in [4.69, 9.17) is 0 Å². The number of amides is 1. The molecule has 0 aromatic rings. The number of carbonyl (C=O) groups is 1. The second kappa shape index (κ2) is 10.1. The van der Waals surface area contributed by atoms with Gasteiger partial charge in [0.25, 0.3) is 5.91 Å². The highest BCUT2D eigenvalue weighted by Crippen LogP contribution is 2.15. The standard InChI is InChI=1S/C11H16BrNO2.C2H6/c1-5-6-8(2)10(14)9(7-12)11(15)13(3)4;1-2/h5-6,14H,1,7H2,2-4H3;1-2H3/b8-6-,10-9-;. The highest BCUT2D eigenvalue weighted by Gasteiger charge is 2.16. The third-order valence-corrected chi connectivity index (χ3v) is 2.39. The van der Waals surface area contributed by atoms with E-state index in [2.05, 4.69) is 22.5 Å². The van der Waals surface area contributed by atoms with Crippen molar-refractivity contribution in [3.05, 3.63) is 35.6 Å². The number of allylic oxidation sites excluding steroid dienone is 3. The maximum absolute atomic E-state index is 11.6. The van der Waals surface area contributed by atoms with E-state index in [-0.39, 0.29) is 11.7 Å². The summed E-state index contributed by atoms with van der Waals surface area (Å²) < 4.78 is 0. The van der Waals surface area contributed by atoms with Crippen LogP contribution in [-0.4, -0.2) is 35.3 Å². The molecule has 0 bridgehead atoms. The smallest absolute Gasteiger partial charge is 0.253 e. The number of hydrogen-bond acceptors (Lipinski definition) is 2. The molecule has 17 heavy (non-hydrogen) atoms. The minimum Gasteiger partial charge on any atom is -0.507 e. The molecule has 1 N–H and O–H groups in total. The van der Waals surface area contributed by atoms with Crippen LogP contribution >= 0.6 is 15.9 Å². The summed E-state index contributed by atoms with van der Waals surface area (Å²) >= 11 is 3.19. The Balaban J connectivity index is 0. The summed E-state index contributed by atoms with van der Waals surface area (Å²) in [5.41, 5.74) is 0.963. The lowest BCUT2D eigenvalue weighted by atomic mass is 10.1. The summed E-state index contributed by atoms with van der Waals surface area (Å²) in [4.78, 5) is 13.1. The van der Waals surface area contributed by atoms with Gasteiger partial charge in [-0.15, -0.1) is 0 Å². The molecule has 0 spiro atoms. The van der Waals surface area contributed by atoms with Crippen LogP contribution in [0.5, 0.6) is 0 Å². The van der Waals surface area contributed by atoms with Crippen LogP contribution < -0.4 is 0 Å². The second-order valence-corrected chi connectivity index (χ2v) is 3.81. The first-order valence-corrected chi connectivity index (χ1v) is 6.57. The molecule has 98 valence electrons. The zero-order chi connectivity index (χ0) is 14.0. The fraction of sp³-hybridized carbons (Fsp3) is 0.462. The molecule has 0 aromatic heterocycles. The maximum atomic E-state index is 11.6. The van der Waals surface area contributed by atoms with Gasteiger partial charge in [-0.05, 0) is 12.5 Å². The first-order valence-electron chi connectivity index (χ1n) is 5.45. The van der Waals surface area contributed by atoms with Gasteiger partial charge < -0.3 is 10.0 Å². The van der Waals surface area contributed by atoms with E-state index < -0.39 is 0 Å². The molecule has 0 unspecified atom stereocenters. The highest BCUT2D eigenvalue weighted by molar-refractivity contribution is 9.09. The molecule has 3 nitrogen and oxygen atoms in total. The fourth-order valence-corrected chi connectivity index (χ4v) is 1.49. The van der Waals surface area contributed by atoms with E-state index in [0.717, 1.165) is 0 Å². The molecule has 0 radical (unpaired) electrons. The molecule has 0 heterocycles. The molecule has 0 aliphatic rings. The van der Waals surface area contributed by atoms with Gasteiger partial charge in [-0.3, -0.25) is 4.79 Å². The SMILES string of the molecule is C=C/C=C(C)\C(O)=C(/CBr)C(=O)N(C)C.CC. The predicted octanol–water partition coefficient (Wildman–Crippen LogP) is 3.44. The molecule has 0 aromatic carbocycles. The number of halogens is 1. The zero-order valence-corrected chi connectivity index (χ0v) is 12.8. The number of rotatable bonds is 4. The van der Waals surface area contributed by atoms with E-state index in [0.29, 0.717) is 16.5 Å². The van der Waals surface area contributed by atoms with Gasteiger partial charge in [0.1, 0.15) is 5.76 Å². The molecule has 0 rings (SSSR count). The van der Waals surface area contributed by atoms with Crippen molar-refractivity contribution in [1.82, 2.24) is 4.90 Å². The monoisotopic (exact) mass is 303 g/mol. The average Bonchev–Trinajstić information content (AvgIpc) is 2.32. The van der Waals surface area contributed by atoms with Gasteiger partial charge in [0.15, 0.2) is 0 Å². The van der Waals surface area contributed by atoms with E-state index in [1.165, 1.54) is 4.90 Å². The van der Waals surface area contributed by atoms with Crippen molar-refractivity contribution in [2.24, 2.45) is 0 Å². The normalized spacial score (nSPS) is 12.0. The summed E-state index contributed by atoms with van der Waals surface area (Å²) in [6.07, 6.45) is 3.22. The van der Waals surface area contributed by atoms with Crippen LogP contribution in [0.1, 0.15) is 20.8 Å². The molecular formula is C13H22BrNO2. The van der Waals surface area contributed by atoms with Crippen molar-refractivity contribution in [2.75, 3.05) is 19.4 Å². The van der Waals surface area contributed by atoms with Crippen molar-refractivity contribution >= 4 is 21.8 Å². The number of alkyl halides is 1. The third kappa shape index (κ3) is 6.31. The number of hydrogen-bond donors (Lipinski definition) is 1. The Hall–Kier alpha value is -1.03. The van der Waals surface area contributed by atoms with E-state index in [1.807, 2.05) is 13.8 Å². The van der Waals surface area contributed by atoms with Gasteiger partial charge >= 0.3 is 0 Å². The van der Waals surface area contributed by atoms with E-state index in [9.17, 15) is 9.90 Å². The van der Waals surface area contributed by atoms with Crippen LogP contribution in [-0.2, 0) is 4.79 Å². The highest BCUT2D eigenvalue weighted by atomic mass is 79.9. The molecule has 0 aliphatic carbocycles. The largest absolute Gasteiger partial charge is 0.507 e. The molecular weight excluding hydrogens is 282 g/mol. The molecule has 0 saturated carbocycles. The van der Waals surface area contributed by atoms with Gasteiger partial charge in [0, 0.05) is 19.4 Å². The van der Waals surface area contributed by atoms with Crippen molar-refractivity contribution in [3.8, 4) is 0 Å². The molecule has 0 saturated heterocycles. The lowest BCUT2D eigenvalue weighted by molar-refractivity contribution is -0.124. The van der Waals surface area contributed by atoms with Gasteiger partial charge in [0.05, 0.1) is 5.57 Å². The topological polar surface area (TPSA) is 40.5 Å². The minimum absolute atomic E-state index is 0.00507. The van der Waals surface area contributed by atoms with E-state index >= 15 is 0 Å². The van der Waals surface area contributed by atoms with Crippen LogP contribution in [0.4, 0.5) is 0 Å². The zero-order valence-electron chi connectivity index (χ0n) is 11.2. The Labute approximate surface area is 113 Å². The molecule has 0 fully saturated rings. The number of likely N-dealkylation sites (N-methyl/N-ethyl adjacent to an activating group) is 1. The van der Waals surface area contributed by atoms with Gasteiger partial charge in [-0.2, -0.15) is 0 Å². The maximum Gasteiger partial charge on any atom is 0.253 e. The lowest BCUT2D eigenvalue weighted by Crippen LogP contribution is -2.25. The van der Waals surface area contributed by atoms with Crippen molar-refractivity contribution in [3.63, 3.8) is 0 Å². The van der Waals surface area contributed by atoms with Gasteiger partial charge in [-0.1, -0.05) is 48.5 Å².